The first-order chi connectivity index (χ1) is 14.0. The van der Waals surface area contributed by atoms with Crippen molar-refractivity contribution in [2.45, 2.75) is 39.5 Å². The molecule has 2 heterocycles. The van der Waals surface area contributed by atoms with Gasteiger partial charge in [-0.25, -0.2) is 0 Å². The van der Waals surface area contributed by atoms with Crippen LogP contribution >= 0.6 is 0 Å². The number of hydrogen-bond donors (Lipinski definition) is 1. The largest absolute Gasteiger partial charge is 0.493 e. The molecular weight excluding hydrogens is 364 g/mol. The van der Waals surface area contributed by atoms with Crippen LogP contribution in [-0.2, 0) is 6.54 Å². The van der Waals surface area contributed by atoms with Gasteiger partial charge < -0.3 is 19.2 Å². The number of methoxy groups -OCH3 is 1. The van der Waals surface area contributed by atoms with Gasteiger partial charge in [0.15, 0.2) is 11.3 Å². The molecule has 1 fully saturated rings. The molecule has 1 N–H and O–H groups in total. The minimum Gasteiger partial charge on any atom is -0.493 e. The highest BCUT2D eigenvalue weighted by molar-refractivity contribution is 5.84. The number of rotatable bonds is 6. The molecule has 0 spiro atoms. The molecule has 1 atom stereocenters. The van der Waals surface area contributed by atoms with Crippen molar-refractivity contribution in [3.05, 3.63) is 59.4 Å². The van der Waals surface area contributed by atoms with Crippen molar-refractivity contribution < 1.29 is 13.9 Å². The standard InChI is InChI=1S/C24H30N2O3/c1-16(2)28-22-8-6-5-7-20(22)21-15-26(10-9-25-21)14-18-12-19-11-17(3)29-24(19)23(13-18)27-4/h5-8,11-13,16,21,25H,9-10,14-15H2,1-4H3. The van der Waals surface area contributed by atoms with Gasteiger partial charge in [0.05, 0.1) is 13.2 Å². The third-order valence-corrected chi connectivity index (χ3v) is 5.31. The molecule has 1 saturated heterocycles. The Morgan fingerprint density at radius 1 is 1.17 bits per heavy atom. The number of aryl methyl sites for hydroxylation is 1. The van der Waals surface area contributed by atoms with Crippen LogP contribution in [0.15, 0.2) is 46.9 Å². The fourth-order valence-corrected chi connectivity index (χ4v) is 4.10. The van der Waals surface area contributed by atoms with Crippen LogP contribution in [-0.4, -0.2) is 37.7 Å². The van der Waals surface area contributed by atoms with E-state index in [0.717, 1.165) is 54.4 Å². The Kier molecular flexibility index (Phi) is 5.79. The monoisotopic (exact) mass is 394 g/mol. The molecule has 0 saturated carbocycles. The van der Waals surface area contributed by atoms with Gasteiger partial charge >= 0.3 is 0 Å². The van der Waals surface area contributed by atoms with Crippen LogP contribution in [0.25, 0.3) is 11.0 Å². The summed E-state index contributed by atoms with van der Waals surface area (Å²) < 4.78 is 17.4. The summed E-state index contributed by atoms with van der Waals surface area (Å²) in [6.07, 6.45) is 0.161. The van der Waals surface area contributed by atoms with Crippen LogP contribution in [0.4, 0.5) is 0 Å². The van der Waals surface area contributed by atoms with Crippen LogP contribution in [0.1, 0.15) is 36.8 Å². The zero-order chi connectivity index (χ0) is 20.4. The summed E-state index contributed by atoms with van der Waals surface area (Å²) in [5.74, 6) is 2.67. The number of furan rings is 1. The zero-order valence-electron chi connectivity index (χ0n) is 17.7. The maximum atomic E-state index is 6.05. The second-order valence-corrected chi connectivity index (χ2v) is 8.02. The molecule has 2 aromatic carbocycles. The quantitative estimate of drug-likeness (QED) is 0.658. The lowest BCUT2D eigenvalue weighted by atomic mass is 10.0. The Hall–Kier alpha value is -2.50. The lowest BCUT2D eigenvalue weighted by Crippen LogP contribution is -2.45. The number of hydrogen-bond acceptors (Lipinski definition) is 5. The highest BCUT2D eigenvalue weighted by Crippen LogP contribution is 2.32. The molecule has 1 unspecified atom stereocenters. The van der Waals surface area contributed by atoms with E-state index in [1.807, 2.05) is 13.0 Å². The Morgan fingerprint density at radius 2 is 2.00 bits per heavy atom. The highest BCUT2D eigenvalue weighted by Gasteiger charge is 2.24. The summed E-state index contributed by atoms with van der Waals surface area (Å²) in [5.41, 5.74) is 3.29. The number of nitrogens with one attached hydrogen (secondary N) is 1. The van der Waals surface area contributed by atoms with E-state index in [1.165, 1.54) is 11.1 Å². The fourth-order valence-electron chi connectivity index (χ4n) is 4.10. The van der Waals surface area contributed by atoms with E-state index in [-0.39, 0.29) is 12.1 Å². The van der Waals surface area contributed by atoms with Gasteiger partial charge in [-0.15, -0.1) is 0 Å². The van der Waals surface area contributed by atoms with Crippen molar-refractivity contribution in [1.29, 1.82) is 0 Å². The van der Waals surface area contributed by atoms with E-state index < -0.39 is 0 Å². The van der Waals surface area contributed by atoms with Crippen molar-refractivity contribution >= 4 is 11.0 Å². The fraction of sp³-hybridized carbons (Fsp3) is 0.417. The van der Waals surface area contributed by atoms with E-state index >= 15 is 0 Å². The van der Waals surface area contributed by atoms with Crippen LogP contribution < -0.4 is 14.8 Å². The molecule has 4 rings (SSSR count). The molecule has 5 nitrogen and oxygen atoms in total. The summed E-state index contributed by atoms with van der Waals surface area (Å²) in [7, 11) is 1.70. The first-order valence-electron chi connectivity index (χ1n) is 10.3. The molecule has 154 valence electrons. The average Bonchev–Trinajstić information content (AvgIpc) is 3.07. The van der Waals surface area contributed by atoms with Gasteiger partial charge in [-0.3, -0.25) is 4.90 Å². The average molecular weight is 395 g/mol. The molecule has 1 aliphatic heterocycles. The second kappa shape index (κ2) is 8.47. The minimum absolute atomic E-state index is 0.161. The normalized spacial score (nSPS) is 17.8. The van der Waals surface area contributed by atoms with Crippen LogP contribution in [0, 0.1) is 6.92 Å². The molecule has 0 amide bonds. The molecule has 0 bridgehead atoms. The molecule has 29 heavy (non-hydrogen) atoms. The van der Waals surface area contributed by atoms with Gasteiger partial charge in [0.25, 0.3) is 0 Å². The van der Waals surface area contributed by atoms with Gasteiger partial charge in [-0.2, -0.15) is 0 Å². The molecule has 3 aromatic rings. The Balaban J connectivity index is 1.53. The van der Waals surface area contributed by atoms with Crippen LogP contribution in [0.5, 0.6) is 11.5 Å². The smallest absolute Gasteiger partial charge is 0.176 e. The summed E-state index contributed by atoms with van der Waals surface area (Å²) >= 11 is 0. The summed E-state index contributed by atoms with van der Waals surface area (Å²) in [5, 5.41) is 4.76. The van der Waals surface area contributed by atoms with Gasteiger partial charge in [0.2, 0.25) is 0 Å². The van der Waals surface area contributed by atoms with E-state index in [0.29, 0.717) is 0 Å². The van der Waals surface area contributed by atoms with Crippen LogP contribution in [0.2, 0.25) is 0 Å². The Labute approximate surface area is 172 Å². The van der Waals surface area contributed by atoms with Gasteiger partial charge in [-0.05, 0) is 50.6 Å². The highest BCUT2D eigenvalue weighted by atomic mass is 16.5. The van der Waals surface area contributed by atoms with Gasteiger partial charge in [0, 0.05) is 43.2 Å². The lowest BCUT2D eigenvalue weighted by Gasteiger charge is -2.34. The predicted molar refractivity (Wildman–Crippen MR) is 116 cm³/mol. The number of para-hydroxylation sites is 1. The number of ether oxygens (including phenoxy) is 2. The first-order valence-corrected chi connectivity index (χ1v) is 10.3. The molecule has 1 aliphatic rings. The SMILES string of the molecule is COc1cc(CN2CCNC(c3ccccc3OC(C)C)C2)cc2cc(C)oc12. The topological polar surface area (TPSA) is 46.9 Å². The van der Waals surface area contributed by atoms with Crippen molar-refractivity contribution in [3.63, 3.8) is 0 Å². The van der Waals surface area contributed by atoms with Crippen molar-refractivity contribution in [3.8, 4) is 11.5 Å². The van der Waals surface area contributed by atoms with Gasteiger partial charge in [-0.1, -0.05) is 18.2 Å². The van der Waals surface area contributed by atoms with E-state index in [9.17, 15) is 0 Å². The van der Waals surface area contributed by atoms with E-state index in [2.05, 4.69) is 60.5 Å². The molecule has 1 aromatic heterocycles. The van der Waals surface area contributed by atoms with Crippen LogP contribution in [0.3, 0.4) is 0 Å². The summed E-state index contributed by atoms with van der Waals surface area (Å²) in [4.78, 5) is 2.49. The second-order valence-electron chi connectivity index (χ2n) is 8.02. The number of nitrogens with zero attached hydrogens (tertiary/aromatic N) is 1. The van der Waals surface area contributed by atoms with E-state index in [1.54, 1.807) is 7.11 Å². The van der Waals surface area contributed by atoms with Crippen molar-refractivity contribution in [1.82, 2.24) is 10.2 Å². The molecule has 0 radical (unpaired) electrons. The molecular formula is C24H30N2O3. The summed E-state index contributed by atoms with van der Waals surface area (Å²) in [6.45, 7) is 9.87. The molecule has 5 heteroatoms. The van der Waals surface area contributed by atoms with E-state index in [4.69, 9.17) is 13.9 Å². The Bertz CT molecular complexity index is 979. The van der Waals surface area contributed by atoms with Gasteiger partial charge in [0.1, 0.15) is 11.5 Å². The minimum atomic E-state index is 0.161. The third kappa shape index (κ3) is 4.41. The molecule has 0 aliphatic carbocycles. The Morgan fingerprint density at radius 3 is 2.79 bits per heavy atom. The maximum absolute atomic E-state index is 6.05. The summed E-state index contributed by atoms with van der Waals surface area (Å²) in [6, 6.07) is 15.0. The van der Waals surface area contributed by atoms with Crippen molar-refractivity contribution in [2.24, 2.45) is 0 Å². The predicted octanol–water partition coefficient (Wildman–Crippen LogP) is 4.68. The number of fused-ring (bicyclic) bond motifs is 1. The number of benzene rings is 2. The maximum Gasteiger partial charge on any atom is 0.176 e. The number of piperazine rings is 1. The zero-order valence-corrected chi connectivity index (χ0v) is 17.7. The lowest BCUT2D eigenvalue weighted by molar-refractivity contribution is 0.186. The first kappa shape index (κ1) is 19.8. The third-order valence-electron chi connectivity index (χ3n) is 5.31. The van der Waals surface area contributed by atoms with Crippen molar-refractivity contribution in [2.75, 3.05) is 26.7 Å².